The molecule has 1 saturated heterocycles. The smallest absolute Gasteiger partial charge is 0.158 e. The summed E-state index contributed by atoms with van der Waals surface area (Å²) < 4.78 is 5.32. The molecule has 0 spiro atoms. The number of hydrogen-bond donors (Lipinski definition) is 0. The van der Waals surface area contributed by atoms with Gasteiger partial charge in [0.15, 0.2) is 5.82 Å². The SMILES string of the molecule is CCOCc1nc(Cl)cc(N2CCCC2C)n1. The first-order chi connectivity index (χ1) is 8.20. The van der Waals surface area contributed by atoms with Crippen molar-refractivity contribution in [3.05, 3.63) is 17.0 Å². The van der Waals surface area contributed by atoms with E-state index in [0.717, 1.165) is 12.4 Å². The van der Waals surface area contributed by atoms with Crippen LogP contribution in [0.15, 0.2) is 6.07 Å². The Bertz CT molecular complexity index is 386. The number of ether oxygens (including phenoxy) is 1. The van der Waals surface area contributed by atoms with E-state index in [1.807, 2.05) is 13.0 Å². The van der Waals surface area contributed by atoms with Crippen molar-refractivity contribution in [3.63, 3.8) is 0 Å². The molecule has 4 nitrogen and oxygen atoms in total. The number of hydrogen-bond acceptors (Lipinski definition) is 4. The van der Waals surface area contributed by atoms with E-state index in [2.05, 4.69) is 21.8 Å². The lowest BCUT2D eigenvalue weighted by Gasteiger charge is -2.22. The Balaban J connectivity index is 2.18. The van der Waals surface area contributed by atoms with Crippen LogP contribution in [0, 0.1) is 0 Å². The van der Waals surface area contributed by atoms with Gasteiger partial charge in [-0.05, 0) is 26.7 Å². The molecule has 0 aliphatic carbocycles. The third-order valence-corrected chi connectivity index (χ3v) is 3.20. The van der Waals surface area contributed by atoms with E-state index >= 15 is 0 Å². The van der Waals surface area contributed by atoms with Crippen LogP contribution < -0.4 is 4.90 Å². The number of anilines is 1. The predicted octanol–water partition coefficient (Wildman–Crippen LogP) is 2.66. The second kappa shape index (κ2) is 5.65. The molecule has 94 valence electrons. The molecular formula is C12H18ClN3O. The van der Waals surface area contributed by atoms with Gasteiger partial charge in [0.05, 0.1) is 0 Å². The van der Waals surface area contributed by atoms with Gasteiger partial charge in [0.25, 0.3) is 0 Å². The standard InChI is InChI=1S/C12H18ClN3O/c1-3-17-8-11-14-10(13)7-12(15-11)16-6-4-5-9(16)2/h7,9H,3-6,8H2,1-2H3. The Morgan fingerprint density at radius 3 is 3.00 bits per heavy atom. The third-order valence-electron chi connectivity index (χ3n) is 3.01. The quantitative estimate of drug-likeness (QED) is 0.776. The fraction of sp³-hybridized carbons (Fsp3) is 0.667. The Morgan fingerprint density at radius 2 is 2.35 bits per heavy atom. The molecular weight excluding hydrogens is 238 g/mol. The Hall–Kier alpha value is -0.870. The van der Waals surface area contributed by atoms with Gasteiger partial charge in [-0.2, -0.15) is 0 Å². The minimum absolute atomic E-state index is 0.423. The molecule has 2 heterocycles. The van der Waals surface area contributed by atoms with Crippen molar-refractivity contribution in [1.82, 2.24) is 9.97 Å². The molecule has 0 N–H and O–H groups in total. The predicted molar refractivity (Wildman–Crippen MR) is 68.4 cm³/mol. The monoisotopic (exact) mass is 255 g/mol. The normalized spacial score (nSPS) is 19.9. The van der Waals surface area contributed by atoms with Gasteiger partial charge >= 0.3 is 0 Å². The molecule has 0 saturated carbocycles. The van der Waals surface area contributed by atoms with Crippen LogP contribution in [0.25, 0.3) is 0 Å². The van der Waals surface area contributed by atoms with Crippen LogP contribution >= 0.6 is 11.6 Å². The summed E-state index contributed by atoms with van der Waals surface area (Å²) in [7, 11) is 0. The molecule has 0 bridgehead atoms. The van der Waals surface area contributed by atoms with Crippen molar-refractivity contribution in [2.24, 2.45) is 0 Å². The van der Waals surface area contributed by atoms with Gasteiger partial charge in [-0.1, -0.05) is 11.6 Å². The summed E-state index contributed by atoms with van der Waals surface area (Å²) in [5, 5.41) is 0.490. The second-order valence-electron chi connectivity index (χ2n) is 4.29. The lowest BCUT2D eigenvalue weighted by molar-refractivity contribution is 0.128. The van der Waals surface area contributed by atoms with Crippen LogP contribution in [0.5, 0.6) is 0 Å². The fourth-order valence-electron chi connectivity index (χ4n) is 2.13. The maximum absolute atomic E-state index is 6.02. The minimum atomic E-state index is 0.423. The van der Waals surface area contributed by atoms with Gasteiger partial charge in [0, 0.05) is 25.3 Å². The summed E-state index contributed by atoms with van der Waals surface area (Å²) >= 11 is 6.02. The molecule has 0 radical (unpaired) electrons. The Labute approximate surface area is 107 Å². The molecule has 1 unspecified atom stereocenters. The highest BCUT2D eigenvalue weighted by molar-refractivity contribution is 6.29. The van der Waals surface area contributed by atoms with E-state index in [-0.39, 0.29) is 0 Å². The van der Waals surface area contributed by atoms with Crippen LogP contribution in [0.4, 0.5) is 5.82 Å². The first-order valence-corrected chi connectivity index (χ1v) is 6.46. The van der Waals surface area contributed by atoms with E-state index in [9.17, 15) is 0 Å². The second-order valence-corrected chi connectivity index (χ2v) is 4.67. The van der Waals surface area contributed by atoms with Gasteiger partial charge in [-0.15, -0.1) is 0 Å². The van der Waals surface area contributed by atoms with Crippen molar-refractivity contribution >= 4 is 17.4 Å². The fourth-order valence-corrected chi connectivity index (χ4v) is 2.33. The topological polar surface area (TPSA) is 38.2 Å². The zero-order valence-corrected chi connectivity index (χ0v) is 11.1. The molecule has 1 aromatic heterocycles. The van der Waals surface area contributed by atoms with Crippen molar-refractivity contribution in [3.8, 4) is 0 Å². The van der Waals surface area contributed by atoms with Crippen molar-refractivity contribution in [2.75, 3.05) is 18.1 Å². The Morgan fingerprint density at radius 1 is 1.53 bits per heavy atom. The van der Waals surface area contributed by atoms with E-state index < -0.39 is 0 Å². The molecule has 0 aromatic carbocycles. The minimum Gasteiger partial charge on any atom is -0.374 e. The van der Waals surface area contributed by atoms with E-state index in [4.69, 9.17) is 16.3 Å². The summed E-state index contributed by atoms with van der Waals surface area (Å²) in [6, 6.07) is 2.36. The lowest BCUT2D eigenvalue weighted by Crippen LogP contribution is -2.27. The highest BCUT2D eigenvalue weighted by atomic mass is 35.5. The van der Waals surface area contributed by atoms with Gasteiger partial charge in [0.1, 0.15) is 17.6 Å². The average molecular weight is 256 g/mol. The maximum Gasteiger partial charge on any atom is 0.158 e. The molecule has 5 heteroatoms. The zero-order chi connectivity index (χ0) is 12.3. The molecule has 1 fully saturated rings. The average Bonchev–Trinajstić information content (AvgIpc) is 2.72. The van der Waals surface area contributed by atoms with Crippen molar-refractivity contribution in [2.45, 2.75) is 39.3 Å². The van der Waals surface area contributed by atoms with Gasteiger partial charge in [-0.3, -0.25) is 0 Å². The summed E-state index contributed by atoms with van der Waals surface area (Å²) in [6.07, 6.45) is 2.42. The van der Waals surface area contributed by atoms with Crippen LogP contribution in [0.1, 0.15) is 32.5 Å². The molecule has 2 rings (SSSR count). The summed E-state index contributed by atoms with van der Waals surface area (Å²) in [5.41, 5.74) is 0. The number of rotatable bonds is 4. The van der Waals surface area contributed by atoms with Crippen LogP contribution in [0.2, 0.25) is 5.15 Å². The van der Waals surface area contributed by atoms with E-state index in [1.165, 1.54) is 12.8 Å². The molecule has 1 aromatic rings. The lowest BCUT2D eigenvalue weighted by atomic mass is 10.2. The first kappa shape index (κ1) is 12.6. The largest absolute Gasteiger partial charge is 0.374 e. The summed E-state index contributed by atoms with van der Waals surface area (Å²) in [6.45, 7) is 6.29. The van der Waals surface area contributed by atoms with Gasteiger partial charge in [-0.25, -0.2) is 9.97 Å². The third kappa shape index (κ3) is 3.07. The van der Waals surface area contributed by atoms with Crippen LogP contribution in [-0.2, 0) is 11.3 Å². The molecule has 0 amide bonds. The van der Waals surface area contributed by atoms with Crippen LogP contribution in [0.3, 0.4) is 0 Å². The number of nitrogens with zero attached hydrogens (tertiary/aromatic N) is 3. The molecule has 1 aliphatic heterocycles. The molecule has 1 atom stereocenters. The van der Waals surface area contributed by atoms with Gasteiger partial charge in [0.2, 0.25) is 0 Å². The number of aromatic nitrogens is 2. The maximum atomic E-state index is 6.02. The molecule has 1 aliphatic rings. The highest BCUT2D eigenvalue weighted by Crippen LogP contribution is 2.25. The van der Waals surface area contributed by atoms with Crippen LogP contribution in [-0.4, -0.2) is 29.2 Å². The number of halogens is 1. The zero-order valence-electron chi connectivity index (χ0n) is 10.3. The molecule has 17 heavy (non-hydrogen) atoms. The first-order valence-electron chi connectivity index (χ1n) is 6.08. The van der Waals surface area contributed by atoms with Crippen molar-refractivity contribution < 1.29 is 4.74 Å². The summed E-state index contributed by atoms with van der Waals surface area (Å²) in [5.74, 6) is 1.58. The Kier molecular flexibility index (Phi) is 4.18. The highest BCUT2D eigenvalue weighted by Gasteiger charge is 2.22. The van der Waals surface area contributed by atoms with E-state index in [0.29, 0.717) is 30.2 Å². The summed E-state index contributed by atoms with van der Waals surface area (Å²) in [4.78, 5) is 11.0. The van der Waals surface area contributed by atoms with E-state index in [1.54, 1.807) is 0 Å². The van der Waals surface area contributed by atoms with Gasteiger partial charge < -0.3 is 9.64 Å². The van der Waals surface area contributed by atoms with Crippen molar-refractivity contribution in [1.29, 1.82) is 0 Å².